The number of piperazine rings is 1. The highest BCUT2D eigenvalue weighted by Crippen LogP contribution is 2.30. The molecule has 0 atom stereocenters. The van der Waals surface area contributed by atoms with Crippen LogP contribution in [0.2, 0.25) is 0 Å². The molecule has 136 valence electrons. The standard InChI is InChI=1S/C20H30N3OS/c1-3-23(15-16-24)13-11-22(12-14-23)10-9-19-20(25-17(2)21-19)18-7-5-4-6-8-18/h4-8,24H,3,9-16H2,1-2H3/q+1. The number of aromatic nitrogens is 1. The van der Waals surface area contributed by atoms with Gasteiger partial charge in [-0.3, -0.25) is 4.90 Å². The van der Waals surface area contributed by atoms with Crippen LogP contribution in [0.1, 0.15) is 17.6 Å². The fourth-order valence-electron chi connectivity index (χ4n) is 3.78. The van der Waals surface area contributed by atoms with Gasteiger partial charge in [0.05, 0.1) is 41.8 Å². The van der Waals surface area contributed by atoms with E-state index in [1.54, 1.807) is 11.3 Å². The fraction of sp³-hybridized carbons (Fsp3) is 0.550. The second-order valence-corrected chi connectivity index (χ2v) is 8.22. The van der Waals surface area contributed by atoms with Crippen LogP contribution in [0.15, 0.2) is 30.3 Å². The molecule has 0 amide bonds. The molecule has 2 aromatic rings. The lowest BCUT2D eigenvalue weighted by atomic mass is 10.1. The van der Waals surface area contributed by atoms with E-state index in [-0.39, 0.29) is 0 Å². The number of nitrogens with zero attached hydrogens (tertiary/aromatic N) is 3. The van der Waals surface area contributed by atoms with E-state index in [0.29, 0.717) is 6.61 Å². The van der Waals surface area contributed by atoms with E-state index < -0.39 is 0 Å². The number of rotatable bonds is 7. The van der Waals surface area contributed by atoms with Gasteiger partial charge in [0.1, 0.15) is 6.54 Å². The minimum Gasteiger partial charge on any atom is -0.391 e. The second-order valence-electron chi connectivity index (χ2n) is 7.02. The first kappa shape index (κ1) is 18.5. The average molecular weight is 361 g/mol. The van der Waals surface area contributed by atoms with Crippen LogP contribution >= 0.6 is 11.3 Å². The summed E-state index contributed by atoms with van der Waals surface area (Å²) < 4.78 is 1.07. The Morgan fingerprint density at radius 3 is 2.56 bits per heavy atom. The molecule has 0 aliphatic carbocycles. The minimum atomic E-state index is 0.298. The zero-order valence-corrected chi connectivity index (χ0v) is 16.3. The van der Waals surface area contributed by atoms with Gasteiger partial charge >= 0.3 is 0 Å². The Morgan fingerprint density at radius 1 is 1.20 bits per heavy atom. The number of aliphatic hydroxyl groups excluding tert-OH is 1. The molecule has 1 aliphatic rings. The van der Waals surface area contributed by atoms with E-state index in [4.69, 9.17) is 4.98 Å². The molecule has 1 fully saturated rings. The van der Waals surface area contributed by atoms with Crippen molar-refractivity contribution in [1.82, 2.24) is 9.88 Å². The second kappa shape index (κ2) is 8.41. The molecule has 5 heteroatoms. The maximum Gasteiger partial charge on any atom is 0.102 e. The molecule has 1 N–H and O–H groups in total. The lowest BCUT2D eigenvalue weighted by molar-refractivity contribution is -0.930. The summed E-state index contributed by atoms with van der Waals surface area (Å²) in [6, 6.07) is 10.6. The molecule has 1 aromatic heterocycles. The summed E-state index contributed by atoms with van der Waals surface area (Å²) in [6.07, 6.45) is 1.01. The molecular formula is C20H30N3OS+. The summed E-state index contributed by atoms with van der Waals surface area (Å²) in [5, 5.41) is 10.5. The van der Waals surface area contributed by atoms with Gasteiger partial charge in [0.15, 0.2) is 0 Å². The first-order chi connectivity index (χ1) is 12.2. The minimum absolute atomic E-state index is 0.298. The number of thiazole rings is 1. The summed E-state index contributed by atoms with van der Waals surface area (Å²) in [4.78, 5) is 8.69. The average Bonchev–Trinajstić information content (AvgIpc) is 3.03. The van der Waals surface area contributed by atoms with Crippen LogP contribution in [0.5, 0.6) is 0 Å². The normalized spacial score (nSPS) is 17.7. The highest BCUT2D eigenvalue weighted by molar-refractivity contribution is 7.15. The molecule has 1 saturated heterocycles. The van der Waals surface area contributed by atoms with Crippen LogP contribution in [0.25, 0.3) is 10.4 Å². The number of quaternary nitrogens is 1. The third-order valence-electron chi connectivity index (χ3n) is 5.53. The van der Waals surface area contributed by atoms with E-state index in [9.17, 15) is 5.11 Å². The predicted molar refractivity (Wildman–Crippen MR) is 105 cm³/mol. The van der Waals surface area contributed by atoms with Crippen molar-refractivity contribution in [3.63, 3.8) is 0 Å². The van der Waals surface area contributed by atoms with Gasteiger partial charge in [-0.15, -0.1) is 11.3 Å². The van der Waals surface area contributed by atoms with Gasteiger partial charge in [-0.05, 0) is 19.4 Å². The number of aryl methyl sites for hydroxylation is 1. The van der Waals surface area contributed by atoms with E-state index in [1.165, 1.54) is 16.1 Å². The molecule has 0 saturated carbocycles. The third-order valence-corrected chi connectivity index (χ3v) is 6.59. The lowest BCUT2D eigenvalue weighted by Crippen LogP contribution is -2.60. The summed E-state index contributed by atoms with van der Waals surface area (Å²) in [6.45, 7) is 12.3. The SMILES string of the molecule is CC[N+]1(CCO)CCN(CCc2nc(C)sc2-c2ccccc2)CC1. The maximum absolute atomic E-state index is 9.34. The Bertz CT molecular complexity index is 663. The van der Waals surface area contributed by atoms with Crippen LogP contribution in [-0.2, 0) is 6.42 Å². The van der Waals surface area contributed by atoms with Gasteiger partial charge in [0.25, 0.3) is 0 Å². The van der Waals surface area contributed by atoms with Crippen molar-refractivity contribution in [2.45, 2.75) is 20.3 Å². The van der Waals surface area contributed by atoms with Gasteiger partial charge in [0, 0.05) is 26.1 Å². The Hall–Kier alpha value is -1.27. The first-order valence-corrected chi connectivity index (χ1v) is 10.2. The molecular weight excluding hydrogens is 330 g/mol. The molecule has 0 radical (unpaired) electrons. The van der Waals surface area contributed by atoms with E-state index in [1.807, 2.05) is 0 Å². The topological polar surface area (TPSA) is 36.4 Å². The predicted octanol–water partition coefficient (Wildman–Crippen LogP) is 2.81. The van der Waals surface area contributed by atoms with Crippen molar-refractivity contribution in [3.05, 3.63) is 41.0 Å². The van der Waals surface area contributed by atoms with Crippen LogP contribution in [0.4, 0.5) is 0 Å². The Balaban J connectivity index is 1.60. The molecule has 0 unspecified atom stereocenters. The van der Waals surface area contributed by atoms with Gasteiger partial charge in [-0.25, -0.2) is 4.98 Å². The molecule has 1 aliphatic heterocycles. The quantitative estimate of drug-likeness (QED) is 0.772. The fourth-order valence-corrected chi connectivity index (χ4v) is 4.75. The monoisotopic (exact) mass is 360 g/mol. The number of hydrogen-bond donors (Lipinski definition) is 1. The number of likely N-dealkylation sites (N-methyl/N-ethyl adjacent to an activating group) is 1. The summed E-state index contributed by atoms with van der Waals surface area (Å²) in [5.74, 6) is 0. The number of benzene rings is 1. The Labute approximate surface area is 155 Å². The van der Waals surface area contributed by atoms with Gasteiger partial charge in [-0.1, -0.05) is 30.3 Å². The summed E-state index contributed by atoms with van der Waals surface area (Å²) in [7, 11) is 0. The zero-order valence-electron chi connectivity index (χ0n) is 15.4. The Kier molecular flexibility index (Phi) is 6.23. The van der Waals surface area contributed by atoms with Crippen molar-refractivity contribution < 1.29 is 9.59 Å². The van der Waals surface area contributed by atoms with Crippen LogP contribution < -0.4 is 0 Å². The van der Waals surface area contributed by atoms with Crippen molar-refractivity contribution in [2.75, 3.05) is 52.4 Å². The first-order valence-electron chi connectivity index (χ1n) is 9.36. The van der Waals surface area contributed by atoms with Crippen molar-refractivity contribution >= 4 is 11.3 Å². The number of hydrogen-bond acceptors (Lipinski definition) is 4. The largest absolute Gasteiger partial charge is 0.391 e. The van der Waals surface area contributed by atoms with Crippen LogP contribution in [-0.4, -0.2) is 71.9 Å². The van der Waals surface area contributed by atoms with E-state index >= 15 is 0 Å². The van der Waals surface area contributed by atoms with Crippen molar-refractivity contribution in [1.29, 1.82) is 0 Å². The zero-order chi connectivity index (χ0) is 17.7. The van der Waals surface area contributed by atoms with Gasteiger partial charge in [0.2, 0.25) is 0 Å². The third kappa shape index (κ3) is 4.47. The molecule has 1 aromatic carbocycles. The molecule has 2 heterocycles. The summed E-state index contributed by atoms with van der Waals surface area (Å²) in [5.41, 5.74) is 2.53. The van der Waals surface area contributed by atoms with Crippen molar-refractivity contribution in [2.24, 2.45) is 0 Å². The van der Waals surface area contributed by atoms with Crippen molar-refractivity contribution in [3.8, 4) is 10.4 Å². The smallest absolute Gasteiger partial charge is 0.102 e. The van der Waals surface area contributed by atoms with Crippen LogP contribution in [0.3, 0.4) is 0 Å². The van der Waals surface area contributed by atoms with Crippen LogP contribution in [0, 0.1) is 6.92 Å². The number of aliphatic hydroxyl groups is 1. The van der Waals surface area contributed by atoms with E-state index in [2.05, 4.69) is 49.1 Å². The highest BCUT2D eigenvalue weighted by atomic mass is 32.1. The molecule has 0 bridgehead atoms. The highest BCUT2D eigenvalue weighted by Gasteiger charge is 2.30. The van der Waals surface area contributed by atoms with E-state index in [0.717, 1.165) is 61.7 Å². The van der Waals surface area contributed by atoms with Gasteiger partial charge in [-0.2, -0.15) is 0 Å². The molecule has 0 spiro atoms. The van der Waals surface area contributed by atoms with Gasteiger partial charge < -0.3 is 9.59 Å². The molecule has 3 rings (SSSR count). The molecule has 25 heavy (non-hydrogen) atoms. The summed E-state index contributed by atoms with van der Waals surface area (Å²) >= 11 is 1.80. The maximum atomic E-state index is 9.34. The lowest BCUT2D eigenvalue weighted by Gasteiger charge is -2.44. The molecule has 4 nitrogen and oxygen atoms in total. The Morgan fingerprint density at radius 2 is 1.92 bits per heavy atom.